The average molecular weight is 536 g/mol. The normalized spacial score (nSPS) is 14.3. The van der Waals surface area contributed by atoms with Crippen LogP contribution in [0.5, 0.6) is 0 Å². The molecule has 1 aromatic heterocycles. The van der Waals surface area contributed by atoms with Crippen molar-refractivity contribution in [2.75, 3.05) is 11.4 Å². The molecule has 0 N–H and O–H groups in total. The maximum absolute atomic E-state index is 14.1. The monoisotopic (exact) mass is 535 g/mol. The van der Waals surface area contributed by atoms with E-state index in [1.807, 2.05) is 61.0 Å². The maximum Gasteiger partial charge on any atom is 0.256 e. The highest BCUT2D eigenvalue weighted by atomic mass is 35.5. The zero-order chi connectivity index (χ0) is 26.3. The van der Waals surface area contributed by atoms with Crippen molar-refractivity contribution < 1.29 is 14.0 Å². The Morgan fingerprint density at radius 1 is 0.946 bits per heavy atom. The predicted molar refractivity (Wildman–Crippen MR) is 144 cm³/mol. The molecule has 37 heavy (non-hydrogen) atoms. The third-order valence-electron chi connectivity index (χ3n) is 6.53. The van der Waals surface area contributed by atoms with Gasteiger partial charge in [-0.15, -0.1) is 0 Å². The number of anilines is 1. The number of aromatic nitrogens is 1. The van der Waals surface area contributed by atoms with Crippen LogP contribution in [-0.4, -0.2) is 33.9 Å². The summed E-state index contributed by atoms with van der Waals surface area (Å²) in [6.45, 7) is 3.52. The van der Waals surface area contributed by atoms with E-state index in [9.17, 15) is 14.0 Å². The van der Waals surface area contributed by atoms with Gasteiger partial charge in [-0.1, -0.05) is 47.5 Å². The van der Waals surface area contributed by atoms with Gasteiger partial charge in [0.25, 0.3) is 5.91 Å². The summed E-state index contributed by atoms with van der Waals surface area (Å²) in [7, 11) is 0. The molecule has 0 unspecified atom stereocenters. The van der Waals surface area contributed by atoms with Crippen LogP contribution >= 0.6 is 23.2 Å². The van der Waals surface area contributed by atoms with Crippen LogP contribution in [0, 0.1) is 5.82 Å². The SMILES string of the molecule is CC(C)N(CC(=O)N1c2ccccc2-n2cccc2[C@@H]1c1ccc(F)cc1)C(=O)c1ccc(Cl)cc1Cl. The van der Waals surface area contributed by atoms with Crippen LogP contribution in [0.4, 0.5) is 10.1 Å². The lowest BCUT2D eigenvalue weighted by atomic mass is 9.97. The highest BCUT2D eigenvalue weighted by Gasteiger charge is 2.37. The number of benzene rings is 3. The second-order valence-corrected chi connectivity index (χ2v) is 10.0. The molecule has 1 aliphatic heterocycles. The van der Waals surface area contributed by atoms with Gasteiger partial charge in [0.2, 0.25) is 5.91 Å². The molecule has 2 amide bonds. The van der Waals surface area contributed by atoms with Gasteiger partial charge in [0.05, 0.1) is 27.7 Å². The van der Waals surface area contributed by atoms with Crippen LogP contribution in [0.2, 0.25) is 10.0 Å². The molecule has 8 heteroatoms. The van der Waals surface area contributed by atoms with Gasteiger partial charge >= 0.3 is 0 Å². The minimum Gasteiger partial charge on any atom is -0.327 e. The molecule has 0 spiro atoms. The Morgan fingerprint density at radius 3 is 2.32 bits per heavy atom. The smallest absolute Gasteiger partial charge is 0.256 e. The number of fused-ring (bicyclic) bond motifs is 3. The number of para-hydroxylation sites is 2. The van der Waals surface area contributed by atoms with Gasteiger partial charge in [-0.3, -0.25) is 14.5 Å². The van der Waals surface area contributed by atoms with Crippen LogP contribution in [0.3, 0.4) is 0 Å². The fraction of sp³-hybridized carbons (Fsp3) is 0.172. The van der Waals surface area contributed by atoms with Gasteiger partial charge in [-0.2, -0.15) is 0 Å². The first kappa shape index (κ1) is 25.1. The summed E-state index contributed by atoms with van der Waals surface area (Å²) in [6, 6.07) is 21.5. The first-order valence-corrected chi connectivity index (χ1v) is 12.6. The molecule has 3 aromatic carbocycles. The highest BCUT2D eigenvalue weighted by molar-refractivity contribution is 6.36. The van der Waals surface area contributed by atoms with Gasteiger partial charge < -0.3 is 9.47 Å². The third-order valence-corrected chi connectivity index (χ3v) is 7.07. The van der Waals surface area contributed by atoms with Gasteiger partial charge in [-0.05, 0) is 74.0 Å². The Balaban J connectivity index is 1.57. The van der Waals surface area contributed by atoms with Crippen LogP contribution in [0.15, 0.2) is 85.1 Å². The van der Waals surface area contributed by atoms with Gasteiger partial charge in [0, 0.05) is 17.3 Å². The first-order valence-electron chi connectivity index (χ1n) is 11.9. The topological polar surface area (TPSA) is 45.6 Å². The van der Waals surface area contributed by atoms with Crippen molar-refractivity contribution in [3.05, 3.63) is 118 Å². The summed E-state index contributed by atoms with van der Waals surface area (Å²) < 4.78 is 15.8. The van der Waals surface area contributed by atoms with E-state index in [2.05, 4.69) is 0 Å². The molecular weight excluding hydrogens is 512 g/mol. The van der Waals surface area contributed by atoms with Crippen molar-refractivity contribution in [2.45, 2.75) is 25.9 Å². The van der Waals surface area contributed by atoms with E-state index >= 15 is 0 Å². The fourth-order valence-corrected chi connectivity index (χ4v) is 5.24. The van der Waals surface area contributed by atoms with E-state index in [4.69, 9.17) is 23.2 Å². The number of nitrogens with zero attached hydrogens (tertiary/aromatic N) is 3. The van der Waals surface area contributed by atoms with Crippen LogP contribution in [0.1, 0.15) is 41.5 Å². The number of amides is 2. The predicted octanol–water partition coefficient (Wildman–Crippen LogP) is 6.91. The molecule has 0 saturated carbocycles. The van der Waals surface area contributed by atoms with Crippen LogP contribution in [-0.2, 0) is 4.79 Å². The quantitative estimate of drug-likeness (QED) is 0.278. The van der Waals surface area contributed by atoms with Gasteiger partial charge in [0.1, 0.15) is 18.4 Å². The molecule has 0 saturated heterocycles. The number of carbonyl (C=O) groups is 2. The first-order chi connectivity index (χ1) is 17.8. The van der Waals surface area contributed by atoms with Crippen molar-refractivity contribution in [1.82, 2.24) is 9.47 Å². The largest absolute Gasteiger partial charge is 0.327 e. The second kappa shape index (κ2) is 10.0. The van der Waals surface area contributed by atoms with E-state index in [1.54, 1.807) is 29.2 Å². The number of rotatable bonds is 5. The second-order valence-electron chi connectivity index (χ2n) is 9.16. The van der Waals surface area contributed by atoms with Crippen molar-refractivity contribution in [1.29, 1.82) is 0 Å². The summed E-state index contributed by atoms with van der Waals surface area (Å²) in [5, 5.41) is 0.643. The average Bonchev–Trinajstić information content (AvgIpc) is 3.36. The van der Waals surface area contributed by atoms with E-state index in [0.717, 1.165) is 16.9 Å². The van der Waals surface area contributed by atoms with E-state index < -0.39 is 6.04 Å². The Hall–Kier alpha value is -3.61. The third kappa shape index (κ3) is 4.63. The van der Waals surface area contributed by atoms with Crippen molar-refractivity contribution in [2.24, 2.45) is 0 Å². The van der Waals surface area contributed by atoms with Crippen LogP contribution < -0.4 is 4.90 Å². The zero-order valence-electron chi connectivity index (χ0n) is 20.2. The molecule has 0 fully saturated rings. The van der Waals surface area contributed by atoms with E-state index in [-0.39, 0.29) is 40.8 Å². The minimum atomic E-state index is -0.513. The summed E-state index contributed by atoms with van der Waals surface area (Å²) in [4.78, 5) is 30.8. The van der Waals surface area contributed by atoms with E-state index in [1.165, 1.54) is 23.1 Å². The fourth-order valence-electron chi connectivity index (χ4n) is 4.75. The summed E-state index contributed by atoms with van der Waals surface area (Å²) in [5.74, 6) is -0.997. The van der Waals surface area contributed by atoms with Gasteiger partial charge in [-0.25, -0.2) is 4.39 Å². The van der Waals surface area contributed by atoms with Gasteiger partial charge in [0.15, 0.2) is 0 Å². The molecule has 5 nitrogen and oxygen atoms in total. The molecule has 1 atom stereocenters. The molecule has 0 aliphatic carbocycles. The standard InChI is InChI=1S/C29H24Cl2FN3O2/c1-18(2)34(29(37)22-14-11-20(30)16-23(22)31)17-27(36)35-25-7-4-3-6-24(25)33-15-5-8-26(33)28(35)19-9-12-21(32)13-10-19/h3-16,18,28H,17H2,1-2H3/t28-/m0/s1. The Bertz CT molecular complexity index is 1480. The molecule has 5 rings (SSSR count). The lowest BCUT2D eigenvalue weighted by molar-refractivity contribution is -0.120. The number of hydrogen-bond acceptors (Lipinski definition) is 2. The number of hydrogen-bond donors (Lipinski definition) is 0. The Kier molecular flexibility index (Phi) is 6.80. The summed E-state index contributed by atoms with van der Waals surface area (Å²) in [5.41, 5.74) is 3.44. The molecule has 1 aliphatic rings. The zero-order valence-corrected chi connectivity index (χ0v) is 21.7. The molecule has 188 valence electrons. The highest BCUT2D eigenvalue weighted by Crippen LogP contribution is 2.42. The molecule has 0 bridgehead atoms. The summed E-state index contributed by atoms with van der Waals surface area (Å²) in [6.07, 6.45) is 1.94. The minimum absolute atomic E-state index is 0.178. The molecule has 4 aromatic rings. The number of carbonyl (C=O) groups excluding carboxylic acids is 2. The Labute approximate surface area is 224 Å². The lowest BCUT2D eigenvalue weighted by Gasteiger charge is -2.40. The lowest BCUT2D eigenvalue weighted by Crippen LogP contribution is -2.48. The van der Waals surface area contributed by atoms with Crippen molar-refractivity contribution in [3.8, 4) is 5.69 Å². The summed E-state index contributed by atoms with van der Waals surface area (Å²) >= 11 is 12.3. The van der Waals surface area contributed by atoms with Crippen LogP contribution in [0.25, 0.3) is 5.69 Å². The van der Waals surface area contributed by atoms with Crippen molar-refractivity contribution in [3.63, 3.8) is 0 Å². The molecule has 2 heterocycles. The molecular formula is C29H24Cl2FN3O2. The maximum atomic E-state index is 14.1. The Morgan fingerprint density at radius 2 is 1.65 bits per heavy atom. The van der Waals surface area contributed by atoms with Crippen molar-refractivity contribution >= 4 is 40.7 Å². The molecule has 0 radical (unpaired) electrons. The van der Waals surface area contributed by atoms with E-state index in [0.29, 0.717) is 10.7 Å². The number of halogens is 3.